The number of nitro benzene ring substituents is 1. The van der Waals surface area contributed by atoms with Gasteiger partial charge in [0.1, 0.15) is 0 Å². The quantitative estimate of drug-likeness (QED) is 0.660. The Kier molecular flexibility index (Phi) is 4.69. The number of rotatable bonds is 5. The molecule has 8 heteroatoms. The molecule has 0 saturated heterocycles. The van der Waals surface area contributed by atoms with Crippen molar-refractivity contribution in [2.24, 2.45) is 0 Å². The number of nitro groups is 1. The van der Waals surface area contributed by atoms with E-state index in [2.05, 4.69) is 26.3 Å². The van der Waals surface area contributed by atoms with Gasteiger partial charge in [-0.15, -0.1) is 0 Å². The van der Waals surface area contributed by atoms with Gasteiger partial charge in [0.25, 0.3) is 11.6 Å². The largest absolute Gasteiger partial charge is 0.348 e. The van der Waals surface area contributed by atoms with Gasteiger partial charge in [-0.2, -0.15) is 5.10 Å². The maximum Gasteiger partial charge on any atom is 0.270 e. The van der Waals surface area contributed by atoms with E-state index in [1.54, 1.807) is 23.1 Å². The Bertz CT molecular complexity index is 657. The van der Waals surface area contributed by atoms with E-state index in [4.69, 9.17) is 0 Å². The molecule has 0 aliphatic heterocycles. The van der Waals surface area contributed by atoms with E-state index in [0.717, 1.165) is 0 Å². The second kappa shape index (κ2) is 6.49. The summed E-state index contributed by atoms with van der Waals surface area (Å²) in [7, 11) is 0. The number of hydrogen-bond donors (Lipinski definition) is 1. The van der Waals surface area contributed by atoms with Crippen LogP contribution in [0.5, 0.6) is 0 Å². The highest BCUT2D eigenvalue weighted by Gasteiger charge is 2.17. The lowest BCUT2D eigenvalue weighted by atomic mass is 10.2. The Morgan fingerprint density at radius 1 is 1.57 bits per heavy atom. The van der Waals surface area contributed by atoms with Crippen molar-refractivity contribution in [1.29, 1.82) is 0 Å². The number of amides is 1. The minimum atomic E-state index is -0.531. The summed E-state index contributed by atoms with van der Waals surface area (Å²) >= 11 is 3.23. The SMILES string of the molecule is CC(Cn1cccn1)NC(=O)c1cc([N+](=O)[O-])ccc1Br. The number of non-ortho nitro benzene ring substituents is 1. The van der Waals surface area contributed by atoms with Crippen LogP contribution in [-0.4, -0.2) is 26.7 Å². The summed E-state index contributed by atoms with van der Waals surface area (Å²) in [5.41, 5.74) is 0.111. The molecule has 21 heavy (non-hydrogen) atoms. The summed E-state index contributed by atoms with van der Waals surface area (Å²) in [4.78, 5) is 22.4. The highest BCUT2D eigenvalue weighted by atomic mass is 79.9. The zero-order valence-electron chi connectivity index (χ0n) is 11.2. The number of aromatic nitrogens is 2. The number of carbonyl (C=O) groups is 1. The van der Waals surface area contributed by atoms with Crippen LogP contribution in [-0.2, 0) is 6.54 Å². The molecule has 1 aromatic heterocycles. The molecule has 0 spiro atoms. The molecule has 1 amide bonds. The molecule has 0 aliphatic carbocycles. The molecule has 1 aromatic carbocycles. The molecule has 1 heterocycles. The fourth-order valence-corrected chi connectivity index (χ4v) is 2.26. The molecule has 1 atom stereocenters. The maximum absolute atomic E-state index is 12.2. The summed E-state index contributed by atoms with van der Waals surface area (Å²) in [6.45, 7) is 2.36. The van der Waals surface area contributed by atoms with Gasteiger partial charge in [-0.3, -0.25) is 19.6 Å². The smallest absolute Gasteiger partial charge is 0.270 e. The molecule has 0 saturated carbocycles. The number of nitrogens with one attached hydrogen (secondary N) is 1. The van der Waals surface area contributed by atoms with Crippen LogP contribution in [0.1, 0.15) is 17.3 Å². The molecule has 2 aromatic rings. The van der Waals surface area contributed by atoms with Gasteiger partial charge in [0.15, 0.2) is 0 Å². The molecule has 0 radical (unpaired) electrons. The second-order valence-electron chi connectivity index (χ2n) is 4.52. The summed E-state index contributed by atoms with van der Waals surface area (Å²) in [5, 5.41) is 17.6. The van der Waals surface area contributed by atoms with E-state index in [1.165, 1.54) is 18.2 Å². The van der Waals surface area contributed by atoms with Crippen LogP contribution >= 0.6 is 15.9 Å². The van der Waals surface area contributed by atoms with Crippen LogP contribution < -0.4 is 5.32 Å². The van der Waals surface area contributed by atoms with Gasteiger partial charge in [0, 0.05) is 35.0 Å². The predicted molar refractivity (Wildman–Crippen MR) is 80.0 cm³/mol. The fraction of sp³-hybridized carbons (Fsp3) is 0.231. The zero-order valence-corrected chi connectivity index (χ0v) is 12.8. The monoisotopic (exact) mass is 352 g/mol. The minimum absolute atomic E-state index is 0.122. The Balaban J connectivity index is 2.09. The van der Waals surface area contributed by atoms with Crippen molar-refractivity contribution >= 4 is 27.5 Å². The Morgan fingerprint density at radius 3 is 2.95 bits per heavy atom. The van der Waals surface area contributed by atoms with Crippen molar-refractivity contribution in [2.45, 2.75) is 19.5 Å². The number of halogens is 1. The molecule has 110 valence electrons. The van der Waals surface area contributed by atoms with Crippen LogP contribution in [0.4, 0.5) is 5.69 Å². The van der Waals surface area contributed by atoms with Crippen molar-refractivity contribution in [1.82, 2.24) is 15.1 Å². The normalized spacial score (nSPS) is 11.9. The van der Waals surface area contributed by atoms with Gasteiger partial charge >= 0.3 is 0 Å². The van der Waals surface area contributed by atoms with E-state index < -0.39 is 4.92 Å². The molecule has 7 nitrogen and oxygen atoms in total. The molecule has 0 aliphatic rings. The van der Waals surface area contributed by atoms with Crippen molar-refractivity contribution in [3.63, 3.8) is 0 Å². The van der Waals surface area contributed by atoms with Gasteiger partial charge in [-0.05, 0) is 35.0 Å². The fourth-order valence-electron chi connectivity index (χ4n) is 1.84. The minimum Gasteiger partial charge on any atom is -0.348 e. The second-order valence-corrected chi connectivity index (χ2v) is 5.38. The molecular formula is C13H13BrN4O3. The number of benzene rings is 1. The van der Waals surface area contributed by atoms with E-state index in [-0.39, 0.29) is 23.2 Å². The topological polar surface area (TPSA) is 90.1 Å². The van der Waals surface area contributed by atoms with E-state index in [0.29, 0.717) is 11.0 Å². The lowest BCUT2D eigenvalue weighted by Gasteiger charge is -2.14. The average Bonchev–Trinajstić information content (AvgIpc) is 2.91. The first kappa shape index (κ1) is 15.2. The van der Waals surface area contributed by atoms with Crippen LogP contribution in [0, 0.1) is 10.1 Å². The third kappa shape index (κ3) is 3.88. The summed E-state index contributed by atoms with van der Waals surface area (Å²) in [5.74, 6) is -0.370. The predicted octanol–water partition coefficient (Wildman–Crippen LogP) is 2.37. The van der Waals surface area contributed by atoms with Crippen molar-refractivity contribution < 1.29 is 9.72 Å². The Labute approximate surface area is 129 Å². The average molecular weight is 353 g/mol. The zero-order chi connectivity index (χ0) is 15.4. The number of nitrogens with zero attached hydrogens (tertiary/aromatic N) is 3. The Hall–Kier alpha value is -2.22. The number of hydrogen-bond acceptors (Lipinski definition) is 4. The lowest BCUT2D eigenvalue weighted by Crippen LogP contribution is -2.36. The Morgan fingerprint density at radius 2 is 2.33 bits per heavy atom. The third-order valence-electron chi connectivity index (χ3n) is 2.80. The van der Waals surface area contributed by atoms with E-state index in [9.17, 15) is 14.9 Å². The van der Waals surface area contributed by atoms with Gasteiger partial charge < -0.3 is 5.32 Å². The van der Waals surface area contributed by atoms with Gasteiger partial charge in [-0.1, -0.05) is 0 Å². The van der Waals surface area contributed by atoms with Crippen LogP contribution in [0.15, 0.2) is 41.1 Å². The van der Waals surface area contributed by atoms with Gasteiger partial charge in [0.05, 0.1) is 17.0 Å². The van der Waals surface area contributed by atoms with Gasteiger partial charge in [0.2, 0.25) is 0 Å². The molecular weight excluding hydrogens is 340 g/mol. The van der Waals surface area contributed by atoms with Crippen LogP contribution in [0.25, 0.3) is 0 Å². The first-order valence-electron chi connectivity index (χ1n) is 6.19. The highest BCUT2D eigenvalue weighted by Crippen LogP contribution is 2.22. The summed E-state index contributed by atoms with van der Waals surface area (Å²) in [6.07, 6.45) is 3.46. The first-order chi connectivity index (χ1) is 9.97. The summed E-state index contributed by atoms with van der Waals surface area (Å²) < 4.78 is 2.21. The molecule has 1 N–H and O–H groups in total. The third-order valence-corrected chi connectivity index (χ3v) is 3.49. The first-order valence-corrected chi connectivity index (χ1v) is 6.99. The van der Waals surface area contributed by atoms with Crippen LogP contribution in [0.2, 0.25) is 0 Å². The molecule has 0 fully saturated rings. The van der Waals surface area contributed by atoms with E-state index >= 15 is 0 Å². The molecule has 1 unspecified atom stereocenters. The number of carbonyl (C=O) groups excluding carboxylic acids is 1. The van der Waals surface area contributed by atoms with Crippen molar-refractivity contribution in [2.75, 3.05) is 0 Å². The van der Waals surface area contributed by atoms with Crippen molar-refractivity contribution in [3.8, 4) is 0 Å². The molecule has 2 rings (SSSR count). The maximum atomic E-state index is 12.2. The van der Waals surface area contributed by atoms with E-state index in [1.807, 2.05) is 6.92 Å². The molecule has 0 bridgehead atoms. The van der Waals surface area contributed by atoms with Crippen molar-refractivity contribution in [3.05, 3.63) is 56.8 Å². The van der Waals surface area contributed by atoms with Gasteiger partial charge in [-0.25, -0.2) is 0 Å². The lowest BCUT2D eigenvalue weighted by molar-refractivity contribution is -0.384. The highest BCUT2D eigenvalue weighted by molar-refractivity contribution is 9.10. The standard InChI is InChI=1S/C13H13BrN4O3/c1-9(8-17-6-2-5-15-17)16-13(19)11-7-10(18(20)21)3-4-12(11)14/h2-7,9H,8H2,1H3,(H,16,19). The summed E-state index contributed by atoms with van der Waals surface area (Å²) in [6, 6.07) is 5.72. The van der Waals surface area contributed by atoms with Crippen LogP contribution in [0.3, 0.4) is 0 Å².